The van der Waals surface area contributed by atoms with Crippen LogP contribution < -0.4 is 4.90 Å². The number of nitrogens with zero attached hydrogens (tertiary/aromatic N) is 2. The number of hydrogen-bond donors (Lipinski definition) is 0. The van der Waals surface area contributed by atoms with Crippen LogP contribution in [0.15, 0.2) is 54.6 Å². The topological polar surface area (TPSA) is 32.8 Å². The molecule has 1 fully saturated rings. The molecule has 0 unspecified atom stereocenters. The first kappa shape index (κ1) is 16.5. The summed E-state index contributed by atoms with van der Waals surface area (Å²) in [6, 6.07) is 18.0. The van der Waals surface area contributed by atoms with E-state index in [9.17, 15) is 4.79 Å². The zero-order chi connectivity index (χ0) is 16.9. The van der Waals surface area contributed by atoms with Gasteiger partial charge in [0.1, 0.15) is 6.10 Å². The molecule has 1 aliphatic heterocycles. The molecule has 0 aromatic heterocycles. The largest absolute Gasteiger partial charge is 0.444 e. The molecular weight excluding hydrogens is 300 g/mol. The summed E-state index contributed by atoms with van der Waals surface area (Å²) in [5, 5.41) is 0. The Kier molecular flexibility index (Phi) is 5.16. The molecule has 1 amide bonds. The van der Waals surface area contributed by atoms with Gasteiger partial charge in [-0.15, -0.1) is 0 Å². The molecule has 0 bridgehead atoms. The first-order valence-electron chi connectivity index (χ1n) is 8.50. The van der Waals surface area contributed by atoms with E-state index in [1.807, 2.05) is 54.6 Å². The SMILES string of the molecule is CCN1CC[C@H](OC(=O)N(C)c2ccccc2-c2ccccc2)C1. The number of carbonyl (C=O) groups excluding carboxylic acids is 1. The fraction of sp³-hybridized carbons (Fsp3) is 0.350. The van der Waals surface area contributed by atoms with Gasteiger partial charge in [0.05, 0.1) is 5.69 Å². The van der Waals surface area contributed by atoms with Crippen molar-refractivity contribution < 1.29 is 9.53 Å². The van der Waals surface area contributed by atoms with Crippen LogP contribution in [-0.2, 0) is 4.74 Å². The Labute approximate surface area is 143 Å². The highest BCUT2D eigenvalue weighted by molar-refractivity contribution is 5.93. The predicted molar refractivity (Wildman–Crippen MR) is 97.3 cm³/mol. The molecule has 0 aliphatic carbocycles. The monoisotopic (exact) mass is 324 g/mol. The summed E-state index contributed by atoms with van der Waals surface area (Å²) < 4.78 is 5.70. The maximum Gasteiger partial charge on any atom is 0.414 e. The highest BCUT2D eigenvalue weighted by atomic mass is 16.6. The van der Waals surface area contributed by atoms with Gasteiger partial charge in [-0.1, -0.05) is 55.5 Å². The normalized spacial score (nSPS) is 17.7. The maximum atomic E-state index is 12.6. The number of anilines is 1. The van der Waals surface area contributed by atoms with Crippen LogP contribution in [0, 0.1) is 0 Å². The summed E-state index contributed by atoms with van der Waals surface area (Å²) >= 11 is 0. The summed E-state index contributed by atoms with van der Waals surface area (Å²) in [5.74, 6) is 0. The average Bonchev–Trinajstić information content (AvgIpc) is 3.09. The Hall–Kier alpha value is -2.33. The number of para-hydroxylation sites is 1. The minimum Gasteiger partial charge on any atom is -0.444 e. The minimum absolute atomic E-state index is 0.0104. The van der Waals surface area contributed by atoms with Gasteiger partial charge in [0, 0.05) is 25.7 Å². The zero-order valence-corrected chi connectivity index (χ0v) is 14.3. The standard InChI is InChI=1S/C20H24N2O2/c1-3-22-14-13-17(15-22)24-20(23)21(2)19-12-8-7-11-18(19)16-9-5-4-6-10-16/h4-12,17H,3,13-15H2,1-2H3/t17-/m0/s1. The number of likely N-dealkylation sites (tertiary alicyclic amines) is 1. The fourth-order valence-corrected chi connectivity index (χ4v) is 3.13. The number of hydrogen-bond acceptors (Lipinski definition) is 3. The number of rotatable bonds is 4. The fourth-order valence-electron chi connectivity index (χ4n) is 3.13. The smallest absolute Gasteiger partial charge is 0.414 e. The van der Waals surface area contributed by atoms with E-state index in [-0.39, 0.29) is 12.2 Å². The summed E-state index contributed by atoms with van der Waals surface area (Å²) in [4.78, 5) is 16.5. The van der Waals surface area contributed by atoms with Crippen molar-refractivity contribution in [1.29, 1.82) is 0 Å². The number of likely N-dealkylation sites (N-methyl/N-ethyl adjacent to an activating group) is 1. The molecule has 4 nitrogen and oxygen atoms in total. The van der Waals surface area contributed by atoms with Crippen molar-refractivity contribution in [3.63, 3.8) is 0 Å². The Morgan fingerprint density at radius 2 is 1.88 bits per heavy atom. The van der Waals surface area contributed by atoms with Gasteiger partial charge in [0.2, 0.25) is 0 Å². The highest BCUT2D eigenvalue weighted by Gasteiger charge is 2.26. The molecule has 1 atom stereocenters. The maximum absolute atomic E-state index is 12.6. The molecule has 4 heteroatoms. The lowest BCUT2D eigenvalue weighted by Crippen LogP contribution is -2.32. The number of ether oxygens (including phenoxy) is 1. The third kappa shape index (κ3) is 3.60. The van der Waals surface area contributed by atoms with E-state index in [4.69, 9.17) is 4.74 Å². The molecule has 1 heterocycles. The molecule has 0 saturated carbocycles. The van der Waals surface area contributed by atoms with Gasteiger partial charge in [-0.2, -0.15) is 0 Å². The second kappa shape index (κ2) is 7.49. The molecule has 0 radical (unpaired) electrons. The van der Waals surface area contributed by atoms with E-state index < -0.39 is 0 Å². The van der Waals surface area contributed by atoms with Crippen LogP contribution in [0.2, 0.25) is 0 Å². The highest BCUT2D eigenvalue weighted by Crippen LogP contribution is 2.30. The van der Waals surface area contributed by atoms with Crippen LogP contribution >= 0.6 is 0 Å². The molecule has 3 rings (SSSR count). The number of benzene rings is 2. The van der Waals surface area contributed by atoms with Gasteiger partial charge in [-0.3, -0.25) is 9.80 Å². The average molecular weight is 324 g/mol. The molecule has 0 N–H and O–H groups in total. The first-order chi connectivity index (χ1) is 11.7. The van der Waals surface area contributed by atoms with Gasteiger partial charge in [-0.05, 0) is 24.6 Å². The van der Waals surface area contributed by atoms with E-state index in [1.165, 1.54) is 0 Å². The van der Waals surface area contributed by atoms with Crippen LogP contribution in [0.5, 0.6) is 0 Å². The van der Waals surface area contributed by atoms with Crippen LogP contribution in [0.1, 0.15) is 13.3 Å². The van der Waals surface area contributed by atoms with Crippen LogP contribution in [0.3, 0.4) is 0 Å². The number of carbonyl (C=O) groups is 1. The van der Waals surface area contributed by atoms with Crippen molar-refractivity contribution >= 4 is 11.8 Å². The second-order valence-corrected chi connectivity index (χ2v) is 6.13. The molecule has 126 valence electrons. The van der Waals surface area contributed by atoms with Crippen LogP contribution in [0.4, 0.5) is 10.5 Å². The zero-order valence-electron chi connectivity index (χ0n) is 14.3. The second-order valence-electron chi connectivity index (χ2n) is 6.13. The Morgan fingerprint density at radius 3 is 2.58 bits per heavy atom. The van der Waals surface area contributed by atoms with E-state index in [0.717, 1.165) is 42.9 Å². The molecule has 1 aliphatic rings. The lowest BCUT2D eigenvalue weighted by molar-refractivity contribution is 0.108. The van der Waals surface area contributed by atoms with Crippen molar-refractivity contribution in [2.24, 2.45) is 0 Å². The predicted octanol–water partition coefficient (Wildman–Crippen LogP) is 4.02. The van der Waals surface area contributed by atoms with Gasteiger partial charge >= 0.3 is 6.09 Å². The first-order valence-corrected chi connectivity index (χ1v) is 8.50. The Bertz CT molecular complexity index is 687. The minimum atomic E-state index is -0.290. The van der Waals surface area contributed by atoms with E-state index in [0.29, 0.717) is 0 Å². The summed E-state index contributed by atoms with van der Waals surface area (Å²) in [5.41, 5.74) is 2.98. The molecular formula is C20H24N2O2. The van der Waals surface area contributed by atoms with Crippen LogP contribution in [-0.4, -0.2) is 43.8 Å². The van der Waals surface area contributed by atoms with Crippen molar-refractivity contribution in [2.45, 2.75) is 19.4 Å². The van der Waals surface area contributed by atoms with Gasteiger partial charge in [-0.25, -0.2) is 4.79 Å². The van der Waals surface area contributed by atoms with E-state index >= 15 is 0 Å². The van der Waals surface area contributed by atoms with Gasteiger partial charge < -0.3 is 4.74 Å². The summed E-state index contributed by atoms with van der Waals surface area (Å²) in [6.45, 7) is 4.96. The Balaban J connectivity index is 1.75. The molecule has 1 saturated heterocycles. The van der Waals surface area contributed by atoms with Gasteiger partial charge in [0.15, 0.2) is 0 Å². The van der Waals surface area contributed by atoms with Crippen molar-refractivity contribution in [3.8, 4) is 11.1 Å². The number of amides is 1. The summed E-state index contributed by atoms with van der Waals surface area (Å²) in [6.07, 6.45) is 0.610. The molecule has 0 spiro atoms. The molecule has 2 aromatic rings. The van der Waals surface area contributed by atoms with Crippen molar-refractivity contribution in [1.82, 2.24) is 4.90 Å². The van der Waals surface area contributed by atoms with Crippen molar-refractivity contribution in [2.75, 3.05) is 31.6 Å². The lowest BCUT2D eigenvalue weighted by atomic mass is 10.0. The van der Waals surface area contributed by atoms with E-state index in [2.05, 4.69) is 11.8 Å². The van der Waals surface area contributed by atoms with Crippen LogP contribution in [0.25, 0.3) is 11.1 Å². The molecule has 2 aromatic carbocycles. The quantitative estimate of drug-likeness (QED) is 0.851. The molecule has 24 heavy (non-hydrogen) atoms. The summed E-state index contributed by atoms with van der Waals surface area (Å²) in [7, 11) is 1.77. The Morgan fingerprint density at radius 1 is 1.17 bits per heavy atom. The van der Waals surface area contributed by atoms with Crippen molar-refractivity contribution in [3.05, 3.63) is 54.6 Å². The third-order valence-corrected chi connectivity index (χ3v) is 4.57. The third-order valence-electron chi connectivity index (χ3n) is 4.57. The van der Waals surface area contributed by atoms with E-state index in [1.54, 1.807) is 11.9 Å². The van der Waals surface area contributed by atoms with Gasteiger partial charge in [0.25, 0.3) is 0 Å². The lowest BCUT2D eigenvalue weighted by Gasteiger charge is -2.22.